The molecule has 0 bridgehead atoms. The Balaban J connectivity index is 0.746. The van der Waals surface area contributed by atoms with Crippen molar-refractivity contribution in [2.24, 2.45) is 0 Å². The van der Waals surface area contributed by atoms with Crippen molar-refractivity contribution in [1.29, 1.82) is 0 Å². The van der Waals surface area contributed by atoms with Crippen LogP contribution in [0.4, 0.5) is 0 Å². The summed E-state index contributed by atoms with van der Waals surface area (Å²) in [6.45, 7) is 0. The molecule has 8 heteroatoms. The average molecular weight is 1260 g/mol. The molecule has 6 heterocycles. The van der Waals surface area contributed by atoms with E-state index in [9.17, 15) is 0 Å². The minimum atomic E-state index is -0.665. The summed E-state index contributed by atoms with van der Waals surface area (Å²) < 4.78 is 2.43. The van der Waals surface area contributed by atoms with Gasteiger partial charge in [-0.2, -0.15) is 0 Å². The molecule has 0 saturated carbocycles. The second-order valence-electron chi connectivity index (χ2n) is 24.8. The Labute approximate surface area is 561 Å². The summed E-state index contributed by atoms with van der Waals surface area (Å²) in [5.41, 5.74) is 25.7. The molecule has 2 aliphatic carbocycles. The first kappa shape index (κ1) is 54.4. The summed E-state index contributed by atoms with van der Waals surface area (Å²) in [6.07, 6.45) is 1.83. The molecule has 4 aromatic heterocycles. The molecule has 16 aromatic rings. The normalized spacial score (nSPS) is 14.8. The van der Waals surface area contributed by atoms with Crippen LogP contribution < -0.4 is 0 Å². The number of aromatic nitrogens is 5. The fourth-order valence-electron chi connectivity index (χ4n) is 16.1. The van der Waals surface area contributed by atoms with Crippen LogP contribution in [0.25, 0.3) is 121 Å². The van der Waals surface area contributed by atoms with Gasteiger partial charge in [0.25, 0.3) is 0 Å². The van der Waals surface area contributed by atoms with E-state index in [1.54, 1.807) is 0 Å². The van der Waals surface area contributed by atoms with E-state index in [1.165, 1.54) is 113 Å². The number of hydrogen-bond donors (Lipinski definition) is 0. The standard InChI is InChI=1S/C87H51N5S3/c1-3-23-52(24-4-1)72-50-74(91-84(89-72)61-32-20-40-69-82(61)94-76-43-15-13-37-66(76)86(69)63-34-10-7-27-55(63)56-28-8-11-35-64(56)86)54-46-47-60-79(49-54)93-78-45-22-31-58(81(60)78)57-30-19-39-68-80(57)59-29-9-12-36-65(59)87(68)67-38-14-16-44-77(67)95-83-62(33-21-41-70(83)87)85-90-73(53-25-5-2-6-26-53)51-75(92-85)71-42-17-18-48-88-71/h1-51H. The molecule has 20 rings (SSSR count). The van der Waals surface area contributed by atoms with Gasteiger partial charge in [0.05, 0.1) is 39.3 Å². The maximum atomic E-state index is 5.65. The maximum absolute atomic E-state index is 5.65. The number of fused-ring (bicyclic) bond motifs is 21. The van der Waals surface area contributed by atoms with Crippen LogP contribution in [-0.4, -0.2) is 24.9 Å². The first-order valence-electron chi connectivity index (χ1n) is 32.1. The van der Waals surface area contributed by atoms with Gasteiger partial charge in [0.2, 0.25) is 0 Å². The largest absolute Gasteiger partial charge is 0.255 e. The van der Waals surface area contributed by atoms with Crippen LogP contribution in [0.5, 0.6) is 0 Å². The van der Waals surface area contributed by atoms with Gasteiger partial charge in [-0.25, -0.2) is 19.9 Å². The average Bonchev–Trinajstić information content (AvgIpc) is 1.56. The Kier molecular flexibility index (Phi) is 12.1. The lowest BCUT2D eigenvalue weighted by Crippen LogP contribution is -2.32. The first-order chi connectivity index (χ1) is 47.1. The molecule has 442 valence electrons. The molecule has 5 nitrogen and oxygen atoms in total. The Morgan fingerprint density at radius 3 is 1.31 bits per heavy atom. The molecule has 2 spiro atoms. The van der Waals surface area contributed by atoms with Crippen LogP contribution in [-0.2, 0) is 10.8 Å². The quantitative estimate of drug-likeness (QED) is 0.158. The summed E-state index contributed by atoms with van der Waals surface area (Å²) in [5, 5.41) is 2.46. The topological polar surface area (TPSA) is 64.5 Å². The highest BCUT2D eigenvalue weighted by molar-refractivity contribution is 8.00. The SMILES string of the molecule is c1ccc(-c2cc(-c3ccc4c(c3)sc3cccc(-c5cccc6c5-c5ccccc5C65c6ccccc6Sc6c(-c7nc(-c8ccccc8)cc(-c8ccccn8)n7)cccc65)c34)nc(-c3cccc4c3Sc3ccccc3C43c4ccccc4-c4ccccc43)n2)cc1. The predicted molar refractivity (Wildman–Crippen MR) is 389 cm³/mol. The summed E-state index contributed by atoms with van der Waals surface area (Å²) in [5.74, 6) is 1.37. The number of thiophene rings is 1. The Bertz CT molecular complexity index is 5780. The Morgan fingerprint density at radius 2 is 0.705 bits per heavy atom. The van der Waals surface area contributed by atoms with E-state index < -0.39 is 10.8 Å². The second kappa shape index (κ2) is 21.2. The molecule has 0 amide bonds. The van der Waals surface area contributed by atoms with Crippen molar-refractivity contribution in [3.8, 4) is 101 Å². The molecule has 2 aliphatic heterocycles. The van der Waals surface area contributed by atoms with Crippen molar-refractivity contribution in [2.75, 3.05) is 0 Å². The van der Waals surface area contributed by atoms with Crippen LogP contribution in [0.15, 0.2) is 329 Å². The number of pyridine rings is 1. The number of benzene rings is 12. The predicted octanol–water partition coefficient (Wildman–Crippen LogP) is 22.4. The van der Waals surface area contributed by atoms with Gasteiger partial charge in [0, 0.05) is 73.8 Å². The van der Waals surface area contributed by atoms with Gasteiger partial charge in [-0.3, -0.25) is 4.98 Å². The molecule has 95 heavy (non-hydrogen) atoms. The van der Waals surface area contributed by atoms with E-state index >= 15 is 0 Å². The molecule has 0 N–H and O–H groups in total. The lowest BCUT2D eigenvalue weighted by atomic mass is 9.67. The van der Waals surface area contributed by atoms with Gasteiger partial charge in [0.15, 0.2) is 11.6 Å². The molecule has 0 radical (unpaired) electrons. The van der Waals surface area contributed by atoms with Crippen molar-refractivity contribution in [3.05, 3.63) is 354 Å². The zero-order valence-electron chi connectivity index (χ0n) is 50.9. The van der Waals surface area contributed by atoms with Crippen molar-refractivity contribution in [1.82, 2.24) is 24.9 Å². The van der Waals surface area contributed by atoms with Crippen LogP contribution in [0.1, 0.15) is 44.5 Å². The fraction of sp³-hybridized carbons (Fsp3) is 0.0230. The Hall–Kier alpha value is -11.1. The van der Waals surface area contributed by atoms with Gasteiger partial charge in [-0.1, -0.05) is 278 Å². The smallest absolute Gasteiger partial charge is 0.161 e. The molecule has 1 atom stereocenters. The van der Waals surface area contributed by atoms with Gasteiger partial charge >= 0.3 is 0 Å². The zero-order chi connectivity index (χ0) is 62.3. The fourth-order valence-corrected chi connectivity index (χ4v) is 19.8. The van der Waals surface area contributed by atoms with Crippen molar-refractivity contribution < 1.29 is 0 Å². The summed E-state index contributed by atoms with van der Waals surface area (Å²) in [6, 6.07) is 111. The van der Waals surface area contributed by atoms with Gasteiger partial charge in [-0.15, -0.1) is 11.3 Å². The number of nitrogens with zero attached hydrogens (tertiary/aromatic N) is 5. The van der Waals surface area contributed by atoms with Crippen LogP contribution in [0.3, 0.4) is 0 Å². The second-order valence-corrected chi connectivity index (χ2v) is 28.0. The molecule has 1 unspecified atom stereocenters. The van der Waals surface area contributed by atoms with Crippen molar-refractivity contribution >= 4 is 55.0 Å². The monoisotopic (exact) mass is 1260 g/mol. The highest BCUT2D eigenvalue weighted by Crippen LogP contribution is 2.66. The lowest BCUT2D eigenvalue weighted by molar-refractivity contribution is 0.723. The molecular formula is C87H51N5S3. The highest BCUT2D eigenvalue weighted by Gasteiger charge is 2.53. The van der Waals surface area contributed by atoms with Crippen LogP contribution in [0.2, 0.25) is 0 Å². The molecule has 0 fully saturated rings. The maximum Gasteiger partial charge on any atom is 0.161 e. The first-order valence-corrected chi connectivity index (χ1v) is 34.6. The minimum absolute atomic E-state index is 0.523. The molecule has 4 aliphatic rings. The molecule has 12 aromatic carbocycles. The van der Waals surface area contributed by atoms with E-state index in [-0.39, 0.29) is 0 Å². The zero-order valence-corrected chi connectivity index (χ0v) is 53.4. The summed E-state index contributed by atoms with van der Waals surface area (Å²) in [4.78, 5) is 31.5. The third-order valence-electron chi connectivity index (χ3n) is 19.9. The molecule has 0 saturated heterocycles. The number of rotatable bonds is 7. The van der Waals surface area contributed by atoms with Gasteiger partial charge in [-0.05, 0) is 126 Å². The summed E-state index contributed by atoms with van der Waals surface area (Å²) >= 11 is 5.51. The van der Waals surface area contributed by atoms with Crippen LogP contribution in [0, 0.1) is 0 Å². The Morgan fingerprint density at radius 1 is 0.263 bits per heavy atom. The third kappa shape index (κ3) is 7.96. The van der Waals surface area contributed by atoms with E-state index in [0.717, 1.165) is 61.2 Å². The lowest BCUT2D eigenvalue weighted by Gasteiger charge is -2.40. The van der Waals surface area contributed by atoms with Crippen LogP contribution >= 0.6 is 34.9 Å². The van der Waals surface area contributed by atoms with E-state index in [2.05, 4.69) is 279 Å². The van der Waals surface area contributed by atoms with Gasteiger partial charge < -0.3 is 0 Å². The van der Waals surface area contributed by atoms with Gasteiger partial charge in [0.1, 0.15) is 0 Å². The van der Waals surface area contributed by atoms with E-state index in [4.69, 9.17) is 24.9 Å². The third-order valence-corrected chi connectivity index (χ3v) is 23.5. The van der Waals surface area contributed by atoms with E-state index in [1.807, 2.05) is 65.3 Å². The molecular weight excluding hydrogens is 1210 g/mol. The minimum Gasteiger partial charge on any atom is -0.255 e. The summed E-state index contributed by atoms with van der Waals surface area (Å²) in [7, 11) is 0. The highest BCUT2D eigenvalue weighted by atomic mass is 32.2. The number of hydrogen-bond acceptors (Lipinski definition) is 8. The van der Waals surface area contributed by atoms with E-state index in [0.29, 0.717) is 11.6 Å². The van der Waals surface area contributed by atoms with Crippen molar-refractivity contribution in [2.45, 2.75) is 30.4 Å². The van der Waals surface area contributed by atoms with Crippen molar-refractivity contribution in [3.63, 3.8) is 0 Å².